The van der Waals surface area contributed by atoms with E-state index in [4.69, 9.17) is 10.00 Å². The van der Waals surface area contributed by atoms with E-state index in [0.717, 1.165) is 10.0 Å². The van der Waals surface area contributed by atoms with Gasteiger partial charge in [0.25, 0.3) is 0 Å². The first-order chi connectivity index (χ1) is 9.69. The first-order valence-electron chi connectivity index (χ1n) is 5.86. The molecule has 0 spiro atoms. The van der Waals surface area contributed by atoms with Crippen LogP contribution in [-0.2, 0) is 11.3 Å². The van der Waals surface area contributed by atoms with Gasteiger partial charge in [0.05, 0.1) is 11.3 Å². The predicted molar refractivity (Wildman–Crippen MR) is 79.1 cm³/mol. The number of nitrogens with zero attached hydrogens (tertiary/aromatic N) is 1. The van der Waals surface area contributed by atoms with E-state index in [9.17, 15) is 4.79 Å². The summed E-state index contributed by atoms with van der Waals surface area (Å²) in [5.74, 6) is 0. The van der Waals surface area contributed by atoms with Crippen LogP contribution in [0.4, 0.5) is 10.5 Å². The number of hydrogen-bond acceptors (Lipinski definition) is 3. The van der Waals surface area contributed by atoms with E-state index in [1.54, 1.807) is 18.2 Å². The number of anilines is 1. The molecule has 0 aliphatic rings. The summed E-state index contributed by atoms with van der Waals surface area (Å²) in [5, 5.41) is 11.6. The largest absolute Gasteiger partial charge is 0.444 e. The first-order valence-corrected chi connectivity index (χ1v) is 6.65. The quantitative estimate of drug-likeness (QED) is 0.922. The van der Waals surface area contributed by atoms with Crippen LogP contribution >= 0.6 is 15.9 Å². The fourth-order valence-corrected chi connectivity index (χ4v) is 1.95. The summed E-state index contributed by atoms with van der Waals surface area (Å²) in [6.07, 6.45) is -0.590. The van der Waals surface area contributed by atoms with E-state index in [1.807, 2.05) is 36.4 Å². The van der Waals surface area contributed by atoms with Crippen molar-refractivity contribution in [3.63, 3.8) is 0 Å². The molecular weight excluding hydrogens is 320 g/mol. The Kier molecular flexibility index (Phi) is 4.75. The van der Waals surface area contributed by atoms with Crippen LogP contribution in [0.2, 0.25) is 0 Å². The van der Waals surface area contributed by atoms with Crippen molar-refractivity contribution in [2.45, 2.75) is 6.61 Å². The highest BCUT2D eigenvalue weighted by atomic mass is 79.9. The molecule has 0 unspecified atom stereocenters. The second-order valence-corrected chi connectivity index (χ2v) is 4.90. The zero-order chi connectivity index (χ0) is 14.4. The molecule has 0 aromatic heterocycles. The molecule has 0 aliphatic heterocycles. The fraction of sp³-hybridized carbons (Fsp3) is 0.0667. The highest BCUT2D eigenvalue weighted by Crippen LogP contribution is 2.20. The summed E-state index contributed by atoms with van der Waals surface area (Å²) >= 11 is 3.27. The summed E-state index contributed by atoms with van der Waals surface area (Å²) < 4.78 is 5.87. The fourth-order valence-electron chi connectivity index (χ4n) is 1.59. The van der Waals surface area contributed by atoms with Crippen molar-refractivity contribution in [1.82, 2.24) is 0 Å². The molecule has 0 aliphatic carbocycles. The third-order valence-corrected chi connectivity index (χ3v) is 3.04. The summed E-state index contributed by atoms with van der Waals surface area (Å²) in [4.78, 5) is 11.7. The SMILES string of the molecule is N#Cc1cc(Br)ccc1NC(=O)OCc1ccccc1. The van der Waals surface area contributed by atoms with Gasteiger partial charge in [-0.05, 0) is 23.8 Å². The van der Waals surface area contributed by atoms with E-state index < -0.39 is 6.09 Å². The van der Waals surface area contributed by atoms with Crippen molar-refractivity contribution in [3.8, 4) is 6.07 Å². The van der Waals surface area contributed by atoms with Crippen molar-refractivity contribution in [3.05, 3.63) is 64.1 Å². The second kappa shape index (κ2) is 6.73. The van der Waals surface area contributed by atoms with Crippen LogP contribution in [0.3, 0.4) is 0 Å². The molecule has 0 radical (unpaired) electrons. The third kappa shape index (κ3) is 3.84. The molecule has 1 amide bonds. The van der Waals surface area contributed by atoms with Crippen molar-refractivity contribution in [2.75, 3.05) is 5.32 Å². The monoisotopic (exact) mass is 330 g/mol. The molecule has 2 aromatic rings. The lowest BCUT2D eigenvalue weighted by Crippen LogP contribution is -2.14. The minimum Gasteiger partial charge on any atom is -0.444 e. The van der Waals surface area contributed by atoms with Crippen LogP contribution in [0.15, 0.2) is 53.0 Å². The summed E-state index contributed by atoms with van der Waals surface area (Å²) in [6, 6.07) is 16.4. The standard InChI is InChI=1S/C15H11BrN2O2/c16-13-6-7-14(12(8-13)9-17)18-15(19)20-10-11-4-2-1-3-5-11/h1-8H,10H2,(H,18,19). The molecule has 0 atom stereocenters. The molecule has 0 fully saturated rings. The topological polar surface area (TPSA) is 62.1 Å². The molecule has 0 saturated carbocycles. The minimum absolute atomic E-state index is 0.186. The van der Waals surface area contributed by atoms with Gasteiger partial charge in [-0.1, -0.05) is 46.3 Å². The maximum absolute atomic E-state index is 11.7. The number of nitriles is 1. The lowest BCUT2D eigenvalue weighted by Gasteiger charge is -2.08. The Bertz CT molecular complexity index is 651. The Hall–Kier alpha value is -2.32. The summed E-state index contributed by atoms with van der Waals surface area (Å²) in [7, 11) is 0. The van der Waals surface area contributed by atoms with Crippen LogP contribution in [0, 0.1) is 11.3 Å². The number of hydrogen-bond donors (Lipinski definition) is 1. The Morgan fingerprint density at radius 3 is 2.70 bits per heavy atom. The van der Waals surface area contributed by atoms with E-state index in [2.05, 4.69) is 21.2 Å². The molecule has 20 heavy (non-hydrogen) atoms. The smallest absolute Gasteiger partial charge is 0.411 e. The number of ether oxygens (including phenoxy) is 1. The Morgan fingerprint density at radius 2 is 2.00 bits per heavy atom. The molecule has 2 rings (SSSR count). The zero-order valence-corrected chi connectivity index (χ0v) is 12.1. The Labute approximate surface area is 125 Å². The van der Waals surface area contributed by atoms with Gasteiger partial charge in [-0.3, -0.25) is 5.32 Å². The number of halogens is 1. The number of rotatable bonds is 3. The van der Waals surface area contributed by atoms with Gasteiger partial charge >= 0.3 is 6.09 Å². The third-order valence-electron chi connectivity index (χ3n) is 2.55. The van der Waals surface area contributed by atoms with Gasteiger partial charge in [0, 0.05) is 4.47 Å². The second-order valence-electron chi connectivity index (χ2n) is 3.99. The maximum atomic E-state index is 11.7. The molecule has 1 N–H and O–H groups in total. The van der Waals surface area contributed by atoms with Gasteiger partial charge in [0.1, 0.15) is 12.7 Å². The molecule has 0 saturated heterocycles. The lowest BCUT2D eigenvalue weighted by atomic mass is 10.2. The van der Waals surface area contributed by atoms with Gasteiger partial charge in [-0.15, -0.1) is 0 Å². The van der Waals surface area contributed by atoms with Crippen molar-refractivity contribution in [2.24, 2.45) is 0 Å². The number of amides is 1. The minimum atomic E-state index is -0.590. The summed E-state index contributed by atoms with van der Waals surface area (Å²) in [6.45, 7) is 0.186. The van der Waals surface area contributed by atoms with Crippen molar-refractivity contribution in [1.29, 1.82) is 5.26 Å². The Balaban J connectivity index is 1.97. The molecule has 2 aromatic carbocycles. The highest BCUT2D eigenvalue weighted by molar-refractivity contribution is 9.10. The van der Waals surface area contributed by atoms with Crippen molar-refractivity contribution < 1.29 is 9.53 Å². The zero-order valence-electron chi connectivity index (χ0n) is 10.5. The van der Waals surface area contributed by atoms with Crippen LogP contribution in [0.25, 0.3) is 0 Å². The molecule has 0 bridgehead atoms. The van der Waals surface area contributed by atoms with Gasteiger partial charge in [-0.25, -0.2) is 4.79 Å². The van der Waals surface area contributed by atoms with Crippen molar-refractivity contribution >= 4 is 27.7 Å². The molecule has 4 nitrogen and oxygen atoms in total. The van der Waals surface area contributed by atoms with Crippen LogP contribution < -0.4 is 5.32 Å². The molecule has 0 heterocycles. The van der Waals surface area contributed by atoms with E-state index >= 15 is 0 Å². The van der Waals surface area contributed by atoms with Crippen LogP contribution in [-0.4, -0.2) is 6.09 Å². The normalized spacial score (nSPS) is 9.60. The maximum Gasteiger partial charge on any atom is 0.411 e. The summed E-state index contributed by atoms with van der Waals surface area (Å²) in [5.41, 5.74) is 1.70. The van der Waals surface area contributed by atoms with Gasteiger partial charge in [0.15, 0.2) is 0 Å². The lowest BCUT2D eigenvalue weighted by molar-refractivity contribution is 0.155. The highest BCUT2D eigenvalue weighted by Gasteiger charge is 2.08. The van der Waals surface area contributed by atoms with E-state index in [-0.39, 0.29) is 6.61 Å². The van der Waals surface area contributed by atoms with Gasteiger partial charge < -0.3 is 4.74 Å². The van der Waals surface area contributed by atoms with Gasteiger partial charge in [0.2, 0.25) is 0 Å². The number of benzene rings is 2. The number of carbonyl (C=O) groups excluding carboxylic acids is 1. The number of nitrogens with one attached hydrogen (secondary N) is 1. The van der Waals surface area contributed by atoms with E-state index in [0.29, 0.717) is 11.3 Å². The number of carbonyl (C=O) groups is 1. The predicted octanol–water partition coefficient (Wildman–Crippen LogP) is 4.07. The average Bonchev–Trinajstić information content (AvgIpc) is 2.48. The van der Waals surface area contributed by atoms with Crippen LogP contribution in [0.1, 0.15) is 11.1 Å². The van der Waals surface area contributed by atoms with Crippen LogP contribution in [0.5, 0.6) is 0 Å². The average molecular weight is 331 g/mol. The van der Waals surface area contributed by atoms with E-state index in [1.165, 1.54) is 0 Å². The Morgan fingerprint density at radius 1 is 1.25 bits per heavy atom. The van der Waals surface area contributed by atoms with Gasteiger partial charge in [-0.2, -0.15) is 5.26 Å². The first kappa shape index (κ1) is 14.1. The molecular formula is C15H11BrN2O2. The molecule has 5 heteroatoms. The molecule has 100 valence electrons.